The molecule has 8 heteroatoms. The van der Waals surface area contributed by atoms with Gasteiger partial charge >= 0.3 is 5.69 Å². The Bertz CT molecular complexity index is 1300. The molecule has 0 saturated heterocycles. The quantitative estimate of drug-likeness (QED) is 0.558. The lowest BCUT2D eigenvalue weighted by Gasteiger charge is -2.26. The van der Waals surface area contributed by atoms with Crippen LogP contribution in [-0.2, 0) is 7.05 Å². The van der Waals surface area contributed by atoms with Gasteiger partial charge in [0.2, 0.25) is 5.95 Å². The van der Waals surface area contributed by atoms with Gasteiger partial charge in [-0.25, -0.2) is 9.78 Å². The first-order valence-electron chi connectivity index (χ1n) is 10.4. The van der Waals surface area contributed by atoms with E-state index >= 15 is 0 Å². The fraction of sp³-hybridized carbons (Fsp3) is 0.409. The van der Waals surface area contributed by atoms with E-state index in [4.69, 9.17) is 4.98 Å². The zero-order chi connectivity index (χ0) is 20.8. The Morgan fingerprint density at radius 3 is 2.47 bits per heavy atom. The zero-order valence-corrected chi connectivity index (χ0v) is 17.5. The maximum Gasteiger partial charge on any atom is 0.330 e. The van der Waals surface area contributed by atoms with Crippen LogP contribution in [0.4, 0.5) is 11.6 Å². The lowest BCUT2D eigenvalue weighted by atomic mass is 9.87. The lowest BCUT2D eigenvalue weighted by molar-refractivity contribution is 0.288. The van der Waals surface area contributed by atoms with Crippen LogP contribution < -0.4 is 11.0 Å². The van der Waals surface area contributed by atoms with Gasteiger partial charge < -0.3 is 5.32 Å². The summed E-state index contributed by atoms with van der Waals surface area (Å²) in [5, 5.41) is 3.31. The molecule has 3 heterocycles. The first kappa shape index (κ1) is 18.7. The molecule has 154 valence electrons. The monoisotopic (exact) mass is 403 g/mol. The molecule has 0 aliphatic heterocycles. The van der Waals surface area contributed by atoms with E-state index in [9.17, 15) is 4.79 Å². The molecule has 0 radical (unpaired) electrons. The standard InChI is InChI=1S/C22H25N7O/c1-13-4-6-15(7-5-13)29-20-19(28(3)22(29)30)12-25-21(27-20)26-16-11-18-17(10-14(16)2)23-8-9-24-18/h8-13,15H,4-7H2,1-3H3,(H,25,26,27). The molecule has 30 heavy (non-hydrogen) atoms. The average molecular weight is 403 g/mol. The highest BCUT2D eigenvalue weighted by molar-refractivity contribution is 5.82. The molecule has 1 N–H and O–H groups in total. The Hall–Kier alpha value is -3.29. The van der Waals surface area contributed by atoms with Gasteiger partial charge in [-0.3, -0.25) is 19.1 Å². The highest BCUT2D eigenvalue weighted by Gasteiger charge is 2.25. The summed E-state index contributed by atoms with van der Waals surface area (Å²) in [5.74, 6) is 1.19. The van der Waals surface area contributed by atoms with Crippen molar-refractivity contribution in [3.05, 3.63) is 46.8 Å². The van der Waals surface area contributed by atoms with Gasteiger partial charge in [-0.1, -0.05) is 6.92 Å². The predicted octanol–water partition coefficient (Wildman–Crippen LogP) is 3.88. The minimum Gasteiger partial charge on any atom is -0.324 e. The van der Waals surface area contributed by atoms with Crippen LogP contribution in [0.5, 0.6) is 0 Å². The number of rotatable bonds is 3. The Labute approximate surface area is 174 Å². The molecule has 3 aromatic heterocycles. The first-order chi connectivity index (χ1) is 14.5. The molecule has 0 bridgehead atoms. The van der Waals surface area contributed by atoms with Crippen molar-refractivity contribution in [2.45, 2.75) is 45.6 Å². The van der Waals surface area contributed by atoms with Gasteiger partial charge in [0, 0.05) is 31.2 Å². The number of benzene rings is 1. The summed E-state index contributed by atoms with van der Waals surface area (Å²) in [6, 6.07) is 4.13. The highest BCUT2D eigenvalue weighted by Crippen LogP contribution is 2.33. The summed E-state index contributed by atoms with van der Waals surface area (Å²) in [6.07, 6.45) is 9.39. The fourth-order valence-corrected chi connectivity index (χ4v) is 4.40. The van der Waals surface area contributed by atoms with E-state index in [1.165, 1.54) is 0 Å². The molecule has 0 amide bonds. The molecular weight excluding hydrogens is 378 g/mol. The zero-order valence-electron chi connectivity index (χ0n) is 17.5. The number of nitrogens with zero attached hydrogens (tertiary/aromatic N) is 6. The number of hydrogen-bond donors (Lipinski definition) is 1. The number of imidazole rings is 1. The van der Waals surface area contributed by atoms with Gasteiger partial charge in [-0.2, -0.15) is 4.98 Å². The fourth-order valence-electron chi connectivity index (χ4n) is 4.40. The van der Waals surface area contributed by atoms with Crippen molar-refractivity contribution in [3.8, 4) is 0 Å². The normalized spacial score (nSPS) is 19.4. The maximum atomic E-state index is 13.0. The molecule has 1 aliphatic carbocycles. The van der Waals surface area contributed by atoms with Gasteiger partial charge in [0.05, 0.1) is 17.2 Å². The van der Waals surface area contributed by atoms with Gasteiger partial charge in [-0.15, -0.1) is 0 Å². The molecule has 4 aromatic rings. The van der Waals surface area contributed by atoms with Gasteiger partial charge in [0.25, 0.3) is 0 Å². The van der Waals surface area contributed by atoms with Crippen molar-refractivity contribution in [1.29, 1.82) is 0 Å². The second-order valence-electron chi connectivity index (χ2n) is 8.36. The topological polar surface area (TPSA) is 90.5 Å². The van der Waals surface area contributed by atoms with E-state index in [-0.39, 0.29) is 11.7 Å². The summed E-state index contributed by atoms with van der Waals surface area (Å²) in [7, 11) is 1.79. The molecule has 1 aliphatic rings. The molecule has 1 saturated carbocycles. The van der Waals surface area contributed by atoms with Crippen molar-refractivity contribution >= 4 is 33.8 Å². The minimum atomic E-state index is -0.0202. The van der Waals surface area contributed by atoms with Crippen molar-refractivity contribution in [1.82, 2.24) is 29.1 Å². The SMILES string of the molecule is Cc1cc2nccnc2cc1Nc1ncc2c(n1)n(C1CCC(C)CC1)c(=O)n2C. The maximum absolute atomic E-state index is 13.0. The third-order valence-electron chi connectivity index (χ3n) is 6.25. The van der Waals surface area contributed by atoms with E-state index in [0.29, 0.717) is 11.6 Å². The number of anilines is 2. The summed E-state index contributed by atoms with van der Waals surface area (Å²) in [5.41, 5.74) is 4.98. The van der Waals surface area contributed by atoms with Gasteiger partial charge in [0.15, 0.2) is 5.65 Å². The highest BCUT2D eigenvalue weighted by atomic mass is 16.1. The van der Waals surface area contributed by atoms with Crippen LogP contribution in [0.2, 0.25) is 0 Å². The van der Waals surface area contributed by atoms with E-state index in [1.807, 2.05) is 23.6 Å². The lowest BCUT2D eigenvalue weighted by Crippen LogP contribution is -2.28. The Morgan fingerprint density at radius 2 is 1.73 bits per heavy atom. The number of nitrogens with one attached hydrogen (secondary N) is 1. The van der Waals surface area contributed by atoms with Crippen molar-refractivity contribution in [2.24, 2.45) is 13.0 Å². The number of fused-ring (bicyclic) bond motifs is 2. The van der Waals surface area contributed by atoms with Gasteiger partial charge in [0.1, 0.15) is 5.52 Å². The third-order valence-corrected chi connectivity index (χ3v) is 6.25. The van der Waals surface area contributed by atoms with E-state index in [1.54, 1.807) is 30.2 Å². The van der Waals surface area contributed by atoms with Crippen LogP contribution in [0.1, 0.15) is 44.2 Å². The largest absolute Gasteiger partial charge is 0.330 e. The third kappa shape index (κ3) is 3.12. The molecular formula is C22H25N7O. The summed E-state index contributed by atoms with van der Waals surface area (Å²) >= 11 is 0. The molecule has 1 fully saturated rings. The first-order valence-corrected chi connectivity index (χ1v) is 10.4. The molecule has 0 atom stereocenters. The van der Waals surface area contributed by atoms with Crippen LogP contribution in [0, 0.1) is 12.8 Å². The summed E-state index contributed by atoms with van der Waals surface area (Å²) < 4.78 is 3.51. The Morgan fingerprint density at radius 1 is 1.03 bits per heavy atom. The minimum absolute atomic E-state index is 0.0202. The molecule has 0 spiro atoms. The number of hydrogen-bond acceptors (Lipinski definition) is 6. The van der Waals surface area contributed by atoms with Crippen LogP contribution in [0.25, 0.3) is 22.2 Å². The van der Waals surface area contributed by atoms with Crippen molar-refractivity contribution in [2.75, 3.05) is 5.32 Å². The van der Waals surface area contributed by atoms with E-state index in [0.717, 1.165) is 59.4 Å². The van der Waals surface area contributed by atoms with Gasteiger partial charge in [-0.05, 0) is 56.2 Å². The smallest absolute Gasteiger partial charge is 0.324 e. The van der Waals surface area contributed by atoms with Crippen molar-refractivity contribution in [3.63, 3.8) is 0 Å². The van der Waals surface area contributed by atoms with Crippen molar-refractivity contribution < 1.29 is 0 Å². The molecule has 5 rings (SSSR count). The predicted molar refractivity (Wildman–Crippen MR) is 117 cm³/mol. The molecule has 1 aromatic carbocycles. The number of aromatic nitrogens is 6. The Kier molecular flexibility index (Phi) is 4.49. The number of aryl methyl sites for hydroxylation is 2. The van der Waals surface area contributed by atoms with Crippen LogP contribution in [0.3, 0.4) is 0 Å². The second-order valence-corrected chi connectivity index (χ2v) is 8.36. The average Bonchev–Trinajstić information content (AvgIpc) is 2.99. The van der Waals surface area contributed by atoms with E-state index < -0.39 is 0 Å². The second kappa shape index (κ2) is 7.19. The van der Waals surface area contributed by atoms with Crippen LogP contribution in [-0.4, -0.2) is 29.1 Å². The molecule has 0 unspecified atom stereocenters. The Balaban J connectivity index is 1.56. The van der Waals surface area contributed by atoms with Crippen LogP contribution in [0.15, 0.2) is 35.5 Å². The van der Waals surface area contributed by atoms with Crippen LogP contribution >= 0.6 is 0 Å². The van der Waals surface area contributed by atoms with E-state index in [2.05, 4.69) is 27.2 Å². The summed E-state index contributed by atoms with van der Waals surface area (Å²) in [6.45, 7) is 4.29. The summed E-state index contributed by atoms with van der Waals surface area (Å²) in [4.78, 5) is 30.9. The molecule has 8 nitrogen and oxygen atoms in total.